The average Bonchev–Trinajstić information content (AvgIpc) is 3.14. The van der Waals surface area contributed by atoms with Gasteiger partial charge in [-0.3, -0.25) is 5.41 Å². The third-order valence-corrected chi connectivity index (χ3v) is 5.05. The lowest BCUT2D eigenvalue weighted by Crippen LogP contribution is -2.26. The zero-order valence-corrected chi connectivity index (χ0v) is 14.4. The van der Waals surface area contributed by atoms with Crippen molar-refractivity contribution < 1.29 is 23.0 Å². The number of ether oxygens (including phenoxy) is 1. The van der Waals surface area contributed by atoms with Gasteiger partial charge in [0.2, 0.25) is 0 Å². The second-order valence-electron chi connectivity index (χ2n) is 5.78. The highest BCUT2D eigenvalue weighted by Crippen LogP contribution is 2.35. The Morgan fingerprint density at radius 3 is 2.48 bits per heavy atom. The molecule has 2 N–H and O–H groups in total. The van der Waals surface area contributed by atoms with E-state index in [4.69, 9.17) is 5.41 Å². The van der Waals surface area contributed by atoms with E-state index < -0.39 is 6.36 Å². The van der Waals surface area contributed by atoms with Crippen molar-refractivity contribution in [2.24, 2.45) is 0 Å². The van der Waals surface area contributed by atoms with Gasteiger partial charge in [0.15, 0.2) is 0 Å². The van der Waals surface area contributed by atoms with Gasteiger partial charge in [0.05, 0.1) is 22.3 Å². The lowest BCUT2D eigenvalue weighted by Gasteiger charge is -2.19. The first kappa shape index (κ1) is 17.3. The summed E-state index contributed by atoms with van der Waals surface area (Å²) in [7, 11) is 0. The Balaban J connectivity index is 1.60. The molecule has 0 saturated carbocycles. The van der Waals surface area contributed by atoms with Crippen LogP contribution in [0.2, 0.25) is 0 Å². The van der Waals surface area contributed by atoms with Gasteiger partial charge >= 0.3 is 6.36 Å². The normalized spacial score (nSPS) is 15.1. The number of aliphatic hydroxyl groups excluding tert-OH is 1. The second-order valence-corrected chi connectivity index (χ2v) is 6.82. The SMILES string of the molecule is N=C1C(c2nc3ccccc3s2)=C(O)CN1c1ccc(OC(F)(F)F)cc1. The summed E-state index contributed by atoms with van der Waals surface area (Å²) in [5.41, 5.74) is 1.57. The van der Waals surface area contributed by atoms with Crippen molar-refractivity contribution >= 4 is 38.6 Å². The van der Waals surface area contributed by atoms with Crippen LogP contribution in [0.1, 0.15) is 5.01 Å². The van der Waals surface area contributed by atoms with E-state index in [2.05, 4.69) is 9.72 Å². The van der Waals surface area contributed by atoms with Gasteiger partial charge in [-0.05, 0) is 36.4 Å². The molecule has 0 amide bonds. The van der Waals surface area contributed by atoms with Crippen molar-refractivity contribution in [2.75, 3.05) is 11.4 Å². The molecular weight excluding hydrogens is 379 g/mol. The van der Waals surface area contributed by atoms with Gasteiger partial charge in [-0.25, -0.2) is 4.98 Å². The van der Waals surface area contributed by atoms with Crippen molar-refractivity contribution in [3.63, 3.8) is 0 Å². The molecule has 9 heteroatoms. The molecule has 1 aromatic heterocycles. The molecule has 0 aliphatic carbocycles. The number of nitrogens with zero attached hydrogens (tertiary/aromatic N) is 2. The number of alkyl halides is 3. The van der Waals surface area contributed by atoms with Gasteiger partial charge in [0, 0.05) is 5.69 Å². The Hall–Kier alpha value is -3.07. The number of amidine groups is 1. The Bertz CT molecular complexity index is 1020. The van der Waals surface area contributed by atoms with Crippen molar-refractivity contribution in [3.05, 3.63) is 59.3 Å². The topological polar surface area (TPSA) is 69.4 Å². The molecule has 3 aromatic rings. The summed E-state index contributed by atoms with van der Waals surface area (Å²) in [5.74, 6) is -0.314. The Morgan fingerprint density at radius 1 is 1.11 bits per heavy atom. The van der Waals surface area contributed by atoms with E-state index in [0.717, 1.165) is 10.2 Å². The molecule has 2 aromatic carbocycles. The monoisotopic (exact) mass is 391 g/mol. The minimum Gasteiger partial charge on any atom is -0.510 e. The number of nitrogens with one attached hydrogen (secondary N) is 1. The molecule has 0 radical (unpaired) electrons. The molecule has 1 aliphatic heterocycles. The molecule has 1 aliphatic rings. The first-order chi connectivity index (χ1) is 12.8. The molecule has 2 heterocycles. The zero-order valence-electron chi connectivity index (χ0n) is 13.6. The van der Waals surface area contributed by atoms with Crippen LogP contribution in [0.3, 0.4) is 0 Å². The Morgan fingerprint density at radius 2 is 1.81 bits per heavy atom. The number of aliphatic hydroxyl groups is 1. The predicted molar refractivity (Wildman–Crippen MR) is 97.4 cm³/mol. The van der Waals surface area contributed by atoms with Crippen LogP contribution >= 0.6 is 11.3 Å². The molecule has 138 valence electrons. The molecule has 0 atom stereocenters. The predicted octanol–water partition coefficient (Wildman–Crippen LogP) is 4.96. The molecule has 0 unspecified atom stereocenters. The highest BCUT2D eigenvalue weighted by Gasteiger charge is 2.33. The number of rotatable bonds is 3. The summed E-state index contributed by atoms with van der Waals surface area (Å²) in [6.07, 6.45) is -4.76. The number of hydrogen-bond donors (Lipinski definition) is 2. The summed E-state index contributed by atoms with van der Waals surface area (Å²) < 4.78 is 41.6. The van der Waals surface area contributed by atoms with Crippen LogP contribution in [0.5, 0.6) is 5.75 Å². The van der Waals surface area contributed by atoms with E-state index in [1.165, 1.54) is 40.5 Å². The maximum atomic E-state index is 12.3. The van der Waals surface area contributed by atoms with Gasteiger partial charge in [0.1, 0.15) is 22.4 Å². The van der Waals surface area contributed by atoms with E-state index in [0.29, 0.717) is 16.3 Å². The molecule has 0 bridgehead atoms. The van der Waals surface area contributed by atoms with Gasteiger partial charge in [-0.1, -0.05) is 12.1 Å². The average molecular weight is 391 g/mol. The van der Waals surface area contributed by atoms with Crippen LogP contribution in [0.25, 0.3) is 15.8 Å². The largest absolute Gasteiger partial charge is 0.573 e. The molecule has 4 rings (SSSR count). The molecule has 0 saturated heterocycles. The first-order valence-corrected chi connectivity index (χ1v) is 8.64. The number of para-hydroxylation sites is 1. The quantitative estimate of drug-likeness (QED) is 0.662. The van der Waals surface area contributed by atoms with Crippen molar-refractivity contribution in [1.29, 1.82) is 5.41 Å². The van der Waals surface area contributed by atoms with E-state index in [1.807, 2.05) is 24.3 Å². The van der Waals surface area contributed by atoms with Gasteiger partial charge < -0.3 is 14.7 Å². The minimum absolute atomic E-state index is 0.00493. The van der Waals surface area contributed by atoms with Crippen LogP contribution < -0.4 is 9.64 Å². The van der Waals surface area contributed by atoms with Crippen molar-refractivity contribution in [1.82, 2.24) is 4.98 Å². The fourth-order valence-electron chi connectivity index (χ4n) is 2.83. The molecular formula is C18H12F3N3O2S. The number of hydrogen-bond acceptors (Lipinski definition) is 5. The van der Waals surface area contributed by atoms with Gasteiger partial charge in [-0.2, -0.15) is 0 Å². The number of anilines is 1. The molecule has 0 fully saturated rings. The summed E-state index contributed by atoms with van der Waals surface area (Å²) >= 11 is 1.37. The van der Waals surface area contributed by atoms with Crippen LogP contribution in [0.4, 0.5) is 18.9 Å². The van der Waals surface area contributed by atoms with E-state index >= 15 is 0 Å². The molecule has 5 nitrogen and oxygen atoms in total. The van der Waals surface area contributed by atoms with Crippen LogP contribution in [0, 0.1) is 5.41 Å². The first-order valence-electron chi connectivity index (χ1n) is 7.82. The maximum absolute atomic E-state index is 12.3. The summed E-state index contributed by atoms with van der Waals surface area (Å²) in [5, 5.41) is 19.3. The Labute approximate surface area is 155 Å². The zero-order chi connectivity index (χ0) is 19.2. The highest BCUT2D eigenvalue weighted by atomic mass is 32.1. The minimum atomic E-state index is -4.76. The number of benzene rings is 2. The summed E-state index contributed by atoms with van der Waals surface area (Å²) in [6, 6.07) is 12.7. The number of halogens is 3. The summed E-state index contributed by atoms with van der Waals surface area (Å²) in [4.78, 5) is 5.96. The molecule has 0 spiro atoms. The third-order valence-electron chi connectivity index (χ3n) is 3.99. The van der Waals surface area contributed by atoms with E-state index in [-0.39, 0.29) is 23.9 Å². The number of fused-ring (bicyclic) bond motifs is 1. The van der Waals surface area contributed by atoms with E-state index in [9.17, 15) is 18.3 Å². The third kappa shape index (κ3) is 3.33. The van der Waals surface area contributed by atoms with Crippen LogP contribution in [-0.2, 0) is 0 Å². The van der Waals surface area contributed by atoms with E-state index in [1.54, 1.807) is 0 Å². The number of aromatic nitrogens is 1. The maximum Gasteiger partial charge on any atom is 0.573 e. The second kappa shape index (κ2) is 6.27. The fraction of sp³-hybridized carbons (Fsp3) is 0.111. The van der Waals surface area contributed by atoms with Gasteiger partial charge in [0.25, 0.3) is 0 Å². The van der Waals surface area contributed by atoms with Crippen molar-refractivity contribution in [3.8, 4) is 5.75 Å². The fourth-order valence-corrected chi connectivity index (χ4v) is 3.87. The number of thiazole rings is 1. The van der Waals surface area contributed by atoms with Gasteiger partial charge in [-0.15, -0.1) is 24.5 Å². The standard InChI is InChI=1S/C18H12F3N3O2S/c19-18(20,21)26-11-7-5-10(6-8-11)24-9-13(25)15(16(24)22)17-23-12-3-1-2-4-14(12)27-17/h1-8,22,25H,9H2. The lowest BCUT2D eigenvalue weighted by atomic mass is 10.2. The van der Waals surface area contributed by atoms with Crippen molar-refractivity contribution in [2.45, 2.75) is 6.36 Å². The van der Waals surface area contributed by atoms with Crippen LogP contribution in [-0.4, -0.2) is 28.8 Å². The smallest absolute Gasteiger partial charge is 0.510 e. The highest BCUT2D eigenvalue weighted by molar-refractivity contribution is 7.19. The summed E-state index contributed by atoms with van der Waals surface area (Å²) in [6.45, 7) is 0.0452. The lowest BCUT2D eigenvalue weighted by molar-refractivity contribution is -0.274. The van der Waals surface area contributed by atoms with Crippen LogP contribution in [0.15, 0.2) is 54.3 Å². The Kier molecular flexibility index (Phi) is 4.03. The molecule has 27 heavy (non-hydrogen) atoms.